The molecule has 98 valence electrons. The van der Waals surface area contributed by atoms with Gasteiger partial charge in [-0.1, -0.05) is 13.8 Å². The van der Waals surface area contributed by atoms with E-state index < -0.39 is 10.8 Å². The van der Waals surface area contributed by atoms with Gasteiger partial charge < -0.3 is 10.3 Å². The topological polar surface area (TPSA) is 60.9 Å². The summed E-state index contributed by atoms with van der Waals surface area (Å²) < 4.78 is 13.5. The first-order valence-corrected chi connectivity index (χ1v) is 7.61. The standard InChI is InChI=1S/C12H23N3OS/c1-9(2)11(5-13)12-6-14-8-15(12)7-10(3)17(4)16/h6,8-11H,5,7,13H2,1-4H3. The van der Waals surface area contributed by atoms with E-state index in [2.05, 4.69) is 23.4 Å². The Balaban J connectivity index is 2.88. The number of nitrogens with zero attached hydrogens (tertiary/aromatic N) is 2. The number of hydrogen-bond acceptors (Lipinski definition) is 3. The van der Waals surface area contributed by atoms with E-state index in [1.165, 1.54) is 0 Å². The Morgan fingerprint density at radius 1 is 1.47 bits per heavy atom. The van der Waals surface area contributed by atoms with Crippen molar-refractivity contribution in [2.24, 2.45) is 11.7 Å². The van der Waals surface area contributed by atoms with Crippen molar-refractivity contribution in [1.82, 2.24) is 9.55 Å². The number of hydrogen-bond donors (Lipinski definition) is 1. The zero-order valence-corrected chi connectivity index (χ0v) is 11.9. The number of rotatable bonds is 6. The minimum absolute atomic E-state index is 0.133. The third kappa shape index (κ3) is 3.64. The molecular weight excluding hydrogens is 234 g/mol. The molecular formula is C12H23N3OS. The highest BCUT2D eigenvalue weighted by molar-refractivity contribution is 7.84. The van der Waals surface area contributed by atoms with Crippen LogP contribution in [0.15, 0.2) is 12.5 Å². The normalized spacial score (nSPS) is 17.1. The second kappa shape index (κ2) is 6.31. The summed E-state index contributed by atoms with van der Waals surface area (Å²) in [6.45, 7) is 7.67. The summed E-state index contributed by atoms with van der Waals surface area (Å²) >= 11 is 0. The summed E-state index contributed by atoms with van der Waals surface area (Å²) in [7, 11) is -0.809. The Hall–Kier alpha value is -0.680. The maximum absolute atomic E-state index is 11.4. The van der Waals surface area contributed by atoms with Crippen molar-refractivity contribution in [3.63, 3.8) is 0 Å². The molecule has 0 saturated heterocycles. The fourth-order valence-electron chi connectivity index (χ4n) is 1.91. The van der Waals surface area contributed by atoms with Gasteiger partial charge in [0, 0.05) is 53.2 Å². The molecule has 0 amide bonds. The summed E-state index contributed by atoms with van der Waals surface area (Å²) in [4.78, 5) is 4.19. The number of aromatic nitrogens is 2. The molecule has 1 heterocycles. The summed E-state index contributed by atoms with van der Waals surface area (Å²) in [6.07, 6.45) is 5.43. The van der Waals surface area contributed by atoms with Crippen LogP contribution in [0.1, 0.15) is 32.4 Å². The molecule has 0 aliphatic carbocycles. The van der Waals surface area contributed by atoms with Gasteiger partial charge in [0.2, 0.25) is 0 Å². The van der Waals surface area contributed by atoms with Crippen LogP contribution in [0.4, 0.5) is 0 Å². The van der Waals surface area contributed by atoms with Crippen LogP contribution in [0.2, 0.25) is 0 Å². The molecule has 0 spiro atoms. The van der Waals surface area contributed by atoms with Gasteiger partial charge in [-0.15, -0.1) is 0 Å². The first-order chi connectivity index (χ1) is 7.97. The zero-order valence-electron chi connectivity index (χ0n) is 11.1. The molecule has 2 N–H and O–H groups in total. The molecule has 3 atom stereocenters. The molecule has 0 fully saturated rings. The molecule has 0 aliphatic heterocycles. The maximum atomic E-state index is 11.4. The van der Waals surface area contributed by atoms with Crippen molar-refractivity contribution < 1.29 is 4.21 Å². The van der Waals surface area contributed by atoms with E-state index in [1.807, 2.05) is 19.4 Å². The van der Waals surface area contributed by atoms with E-state index in [-0.39, 0.29) is 5.25 Å². The number of imidazole rings is 1. The van der Waals surface area contributed by atoms with Gasteiger partial charge in [0.05, 0.1) is 6.33 Å². The van der Waals surface area contributed by atoms with Crippen LogP contribution in [0.3, 0.4) is 0 Å². The fraction of sp³-hybridized carbons (Fsp3) is 0.750. The van der Waals surface area contributed by atoms with Gasteiger partial charge in [-0.25, -0.2) is 4.98 Å². The molecule has 4 nitrogen and oxygen atoms in total. The average Bonchev–Trinajstić information content (AvgIpc) is 2.66. The lowest BCUT2D eigenvalue weighted by Crippen LogP contribution is -2.24. The summed E-state index contributed by atoms with van der Waals surface area (Å²) in [5.74, 6) is 0.799. The Morgan fingerprint density at radius 3 is 2.59 bits per heavy atom. The molecule has 0 aliphatic rings. The van der Waals surface area contributed by atoms with Crippen LogP contribution in [0.5, 0.6) is 0 Å². The summed E-state index contributed by atoms with van der Waals surface area (Å²) in [6, 6.07) is 0. The molecule has 0 aromatic carbocycles. The largest absolute Gasteiger partial charge is 0.333 e. The third-order valence-electron chi connectivity index (χ3n) is 3.20. The van der Waals surface area contributed by atoms with E-state index in [0.29, 0.717) is 18.4 Å². The molecule has 3 unspecified atom stereocenters. The van der Waals surface area contributed by atoms with Crippen LogP contribution >= 0.6 is 0 Å². The monoisotopic (exact) mass is 257 g/mol. The van der Waals surface area contributed by atoms with Gasteiger partial charge in [0.15, 0.2) is 0 Å². The van der Waals surface area contributed by atoms with E-state index in [4.69, 9.17) is 5.73 Å². The second-order valence-electron chi connectivity index (χ2n) is 4.87. The Morgan fingerprint density at radius 2 is 2.12 bits per heavy atom. The Bertz CT molecular complexity index is 376. The van der Waals surface area contributed by atoms with Crippen LogP contribution in [-0.2, 0) is 17.3 Å². The zero-order chi connectivity index (χ0) is 13.0. The predicted molar refractivity (Wildman–Crippen MR) is 72.4 cm³/mol. The van der Waals surface area contributed by atoms with Crippen LogP contribution in [0.25, 0.3) is 0 Å². The van der Waals surface area contributed by atoms with Gasteiger partial charge in [-0.3, -0.25) is 4.21 Å². The van der Waals surface area contributed by atoms with Gasteiger partial charge >= 0.3 is 0 Å². The highest BCUT2D eigenvalue weighted by Gasteiger charge is 2.19. The van der Waals surface area contributed by atoms with E-state index in [0.717, 1.165) is 12.2 Å². The minimum Gasteiger partial charge on any atom is -0.333 e. The van der Waals surface area contributed by atoms with Gasteiger partial charge in [-0.05, 0) is 12.8 Å². The predicted octanol–water partition coefficient (Wildman–Crippen LogP) is 1.35. The first-order valence-electron chi connectivity index (χ1n) is 5.99. The highest BCUT2D eigenvalue weighted by atomic mass is 32.2. The molecule has 0 saturated carbocycles. The smallest absolute Gasteiger partial charge is 0.0948 e. The number of nitrogens with two attached hydrogens (primary N) is 1. The lowest BCUT2D eigenvalue weighted by molar-refractivity contribution is 0.471. The molecule has 1 aromatic rings. The van der Waals surface area contributed by atoms with E-state index >= 15 is 0 Å². The molecule has 1 rings (SSSR count). The van der Waals surface area contributed by atoms with Crippen molar-refractivity contribution in [2.75, 3.05) is 12.8 Å². The second-order valence-corrected chi connectivity index (χ2v) is 6.67. The van der Waals surface area contributed by atoms with Crippen LogP contribution < -0.4 is 5.73 Å². The average molecular weight is 257 g/mol. The van der Waals surface area contributed by atoms with Crippen molar-refractivity contribution in [1.29, 1.82) is 0 Å². The SMILES string of the molecule is CC(C)C(CN)c1cncn1CC(C)S(C)=O. The summed E-state index contributed by atoms with van der Waals surface area (Å²) in [5, 5.41) is 0.133. The van der Waals surface area contributed by atoms with Crippen molar-refractivity contribution in [3.05, 3.63) is 18.2 Å². The lowest BCUT2D eigenvalue weighted by atomic mass is 9.93. The van der Waals surface area contributed by atoms with Gasteiger partial charge in [0.1, 0.15) is 0 Å². The third-order valence-corrected chi connectivity index (χ3v) is 4.49. The highest BCUT2D eigenvalue weighted by Crippen LogP contribution is 2.23. The molecule has 5 heteroatoms. The molecule has 0 bridgehead atoms. The lowest BCUT2D eigenvalue weighted by Gasteiger charge is -2.21. The minimum atomic E-state index is -0.809. The van der Waals surface area contributed by atoms with Gasteiger partial charge in [-0.2, -0.15) is 0 Å². The summed E-state index contributed by atoms with van der Waals surface area (Å²) in [5.41, 5.74) is 6.98. The molecule has 0 radical (unpaired) electrons. The van der Waals surface area contributed by atoms with Crippen LogP contribution in [-0.4, -0.2) is 31.8 Å². The van der Waals surface area contributed by atoms with Crippen LogP contribution in [0, 0.1) is 5.92 Å². The van der Waals surface area contributed by atoms with E-state index in [9.17, 15) is 4.21 Å². The van der Waals surface area contributed by atoms with Gasteiger partial charge in [0.25, 0.3) is 0 Å². The van der Waals surface area contributed by atoms with E-state index in [1.54, 1.807) is 6.26 Å². The van der Waals surface area contributed by atoms with Crippen molar-refractivity contribution >= 4 is 10.8 Å². The first kappa shape index (κ1) is 14.4. The molecule has 1 aromatic heterocycles. The fourth-order valence-corrected chi connectivity index (χ4v) is 2.28. The van der Waals surface area contributed by atoms with Crippen molar-refractivity contribution in [3.8, 4) is 0 Å². The Kier molecular flexibility index (Phi) is 5.33. The maximum Gasteiger partial charge on any atom is 0.0948 e. The quantitative estimate of drug-likeness (QED) is 0.837. The molecule has 17 heavy (non-hydrogen) atoms. The van der Waals surface area contributed by atoms with Crippen molar-refractivity contribution in [2.45, 2.75) is 38.5 Å². The Labute approximate surface area is 106 Å².